The van der Waals surface area contributed by atoms with E-state index in [1.54, 1.807) is 0 Å². The van der Waals surface area contributed by atoms with Crippen LogP contribution in [0.15, 0.2) is 18.2 Å². The van der Waals surface area contributed by atoms with Crippen LogP contribution in [-0.4, -0.2) is 25.6 Å². The number of benzene rings is 1. The summed E-state index contributed by atoms with van der Waals surface area (Å²) in [4.78, 5) is 11.7. The molecule has 1 aromatic rings. The third-order valence-electron chi connectivity index (χ3n) is 2.39. The number of terminal acetylenes is 1. The van der Waals surface area contributed by atoms with E-state index in [0.29, 0.717) is 24.6 Å². The highest BCUT2D eigenvalue weighted by molar-refractivity contribution is 5.93. The largest absolute Gasteiger partial charge is 0.491 e. The number of carbonyl (C=O) groups is 1. The second-order valence-electron chi connectivity index (χ2n) is 4.20. The molecule has 0 saturated carbocycles. The first-order valence-electron chi connectivity index (χ1n) is 6.34. The van der Waals surface area contributed by atoms with Crippen molar-refractivity contribution in [2.24, 2.45) is 0 Å². The van der Waals surface area contributed by atoms with Gasteiger partial charge in [0, 0.05) is 0 Å². The molecule has 102 valence electrons. The number of aryl methyl sites for hydroxylation is 1. The van der Waals surface area contributed by atoms with Crippen LogP contribution in [0.4, 0.5) is 5.69 Å². The van der Waals surface area contributed by atoms with Crippen molar-refractivity contribution in [3.63, 3.8) is 0 Å². The number of ether oxygens (including phenoxy) is 1. The Morgan fingerprint density at radius 3 is 2.95 bits per heavy atom. The van der Waals surface area contributed by atoms with E-state index in [1.165, 1.54) is 0 Å². The summed E-state index contributed by atoms with van der Waals surface area (Å²) >= 11 is 0. The van der Waals surface area contributed by atoms with E-state index in [4.69, 9.17) is 11.2 Å². The Hall–Kier alpha value is -1.99. The molecule has 4 heteroatoms. The number of anilines is 1. The van der Waals surface area contributed by atoms with Crippen molar-refractivity contribution in [2.45, 2.75) is 20.3 Å². The van der Waals surface area contributed by atoms with E-state index in [2.05, 4.69) is 16.6 Å². The van der Waals surface area contributed by atoms with Gasteiger partial charge in [0.1, 0.15) is 5.75 Å². The quantitative estimate of drug-likeness (QED) is 0.582. The Morgan fingerprint density at radius 1 is 1.47 bits per heavy atom. The molecule has 2 N–H and O–H groups in total. The maximum Gasteiger partial charge on any atom is 0.238 e. The van der Waals surface area contributed by atoms with Crippen LogP contribution in [0.2, 0.25) is 0 Å². The van der Waals surface area contributed by atoms with Gasteiger partial charge in [-0.2, -0.15) is 0 Å². The van der Waals surface area contributed by atoms with Crippen LogP contribution >= 0.6 is 0 Å². The van der Waals surface area contributed by atoms with Crippen LogP contribution in [0.1, 0.15) is 18.9 Å². The lowest BCUT2D eigenvalue weighted by Gasteiger charge is -2.13. The number of rotatable bonds is 7. The Morgan fingerprint density at radius 2 is 2.26 bits per heavy atom. The molecule has 0 bridgehead atoms. The van der Waals surface area contributed by atoms with Crippen molar-refractivity contribution in [3.05, 3.63) is 23.8 Å². The molecule has 0 radical (unpaired) electrons. The minimum Gasteiger partial charge on any atom is -0.491 e. The summed E-state index contributed by atoms with van der Waals surface area (Å²) in [5, 5.41) is 5.65. The number of hydrogen-bond donors (Lipinski definition) is 2. The molecular weight excluding hydrogens is 240 g/mol. The number of amides is 1. The van der Waals surface area contributed by atoms with Gasteiger partial charge in [-0.05, 0) is 31.0 Å². The Kier molecular flexibility index (Phi) is 6.48. The molecule has 0 saturated heterocycles. The number of carbonyl (C=O) groups excluding carboxylic acids is 1. The fraction of sp³-hybridized carbons (Fsp3) is 0.400. The predicted octanol–water partition coefficient (Wildman–Crippen LogP) is 1.95. The third-order valence-corrected chi connectivity index (χ3v) is 2.39. The maximum absolute atomic E-state index is 11.7. The molecule has 0 aromatic heterocycles. The first kappa shape index (κ1) is 15.1. The Bertz CT molecular complexity index is 464. The van der Waals surface area contributed by atoms with Gasteiger partial charge in [0.15, 0.2) is 0 Å². The topological polar surface area (TPSA) is 50.4 Å². The molecule has 4 nitrogen and oxygen atoms in total. The van der Waals surface area contributed by atoms with Gasteiger partial charge in [0.2, 0.25) is 5.91 Å². The van der Waals surface area contributed by atoms with Gasteiger partial charge in [0.25, 0.3) is 0 Å². The minimum atomic E-state index is -0.138. The normalized spacial score (nSPS) is 9.74. The molecule has 1 rings (SSSR count). The van der Waals surface area contributed by atoms with E-state index in [0.717, 1.165) is 12.0 Å². The zero-order valence-electron chi connectivity index (χ0n) is 11.5. The molecular formula is C15H20N2O2. The van der Waals surface area contributed by atoms with Gasteiger partial charge in [-0.3, -0.25) is 10.1 Å². The smallest absolute Gasteiger partial charge is 0.238 e. The van der Waals surface area contributed by atoms with Gasteiger partial charge in [0.05, 0.1) is 25.4 Å². The van der Waals surface area contributed by atoms with Crippen LogP contribution in [0.25, 0.3) is 0 Å². The highest BCUT2D eigenvalue weighted by atomic mass is 16.5. The predicted molar refractivity (Wildman–Crippen MR) is 77.3 cm³/mol. The third kappa shape index (κ3) is 5.45. The summed E-state index contributed by atoms with van der Waals surface area (Å²) in [6.07, 6.45) is 6.02. The fourth-order valence-corrected chi connectivity index (χ4v) is 1.51. The molecule has 0 fully saturated rings. The second kappa shape index (κ2) is 8.17. The van der Waals surface area contributed by atoms with E-state index in [-0.39, 0.29) is 12.5 Å². The van der Waals surface area contributed by atoms with Crippen molar-refractivity contribution in [2.75, 3.05) is 25.0 Å². The van der Waals surface area contributed by atoms with Gasteiger partial charge in [-0.1, -0.05) is 18.9 Å². The summed E-state index contributed by atoms with van der Waals surface area (Å²) in [6.45, 7) is 5.21. The van der Waals surface area contributed by atoms with Crippen molar-refractivity contribution >= 4 is 11.6 Å². The first-order chi connectivity index (χ1) is 9.17. The summed E-state index contributed by atoms with van der Waals surface area (Å²) in [7, 11) is 0. The lowest BCUT2D eigenvalue weighted by atomic mass is 10.2. The summed E-state index contributed by atoms with van der Waals surface area (Å²) in [5.41, 5.74) is 1.78. The number of nitrogens with one attached hydrogen (secondary N) is 2. The standard InChI is InChI=1S/C15H20N2O2/c1-4-8-16-11-15(18)17-13-7-6-12(3)10-14(13)19-9-5-2/h1,6-7,10,16H,5,8-9,11H2,2-3H3,(H,17,18). The van der Waals surface area contributed by atoms with Crippen LogP contribution in [0, 0.1) is 19.3 Å². The molecule has 0 unspecified atom stereocenters. The molecule has 1 amide bonds. The van der Waals surface area contributed by atoms with E-state index in [9.17, 15) is 4.79 Å². The molecule has 0 heterocycles. The second-order valence-corrected chi connectivity index (χ2v) is 4.20. The van der Waals surface area contributed by atoms with Crippen LogP contribution in [0.3, 0.4) is 0 Å². The average molecular weight is 260 g/mol. The van der Waals surface area contributed by atoms with Crippen LogP contribution < -0.4 is 15.4 Å². The van der Waals surface area contributed by atoms with Crippen molar-refractivity contribution in [1.29, 1.82) is 0 Å². The van der Waals surface area contributed by atoms with Gasteiger partial charge < -0.3 is 10.1 Å². The highest BCUT2D eigenvalue weighted by Crippen LogP contribution is 2.25. The first-order valence-corrected chi connectivity index (χ1v) is 6.34. The SMILES string of the molecule is C#CCNCC(=O)Nc1ccc(C)cc1OCCC. The van der Waals surface area contributed by atoms with Crippen molar-refractivity contribution in [1.82, 2.24) is 5.32 Å². The summed E-state index contributed by atoms with van der Waals surface area (Å²) in [6, 6.07) is 5.70. The zero-order valence-corrected chi connectivity index (χ0v) is 11.5. The van der Waals surface area contributed by atoms with Gasteiger partial charge >= 0.3 is 0 Å². The average Bonchev–Trinajstić information content (AvgIpc) is 2.39. The minimum absolute atomic E-state index is 0.138. The van der Waals surface area contributed by atoms with E-state index in [1.807, 2.05) is 32.0 Å². The Balaban J connectivity index is 2.65. The van der Waals surface area contributed by atoms with E-state index < -0.39 is 0 Å². The molecule has 0 aliphatic carbocycles. The lowest BCUT2D eigenvalue weighted by molar-refractivity contribution is -0.115. The Labute approximate surface area is 114 Å². The zero-order chi connectivity index (χ0) is 14.1. The maximum atomic E-state index is 11.7. The summed E-state index contributed by atoms with van der Waals surface area (Å²) < 4.78 is 5.63. The van der Waals surface area contributed by atoms with Crippen molar-refractivity contribution < 1.29 is 9.53 Å². The molecule has 0 spiro atoms. The fourth-order valence-electron chi connectivity index (χ4n) is 1.51. The van der Waals surface area contributed by atoms with Crippen LogP contribution in [0.5, 0.6) is 5.75 Å². The van der Waals surface area contributed by atoms with Gasteiger partial charge in [-0.25, -0.2) is 0 Å². The molecule has 1 aromatic carbocycles. The number of hydrogen-bond acceptors (Lipinski definition) is 3. The summed E-state index contributed by atoms with van der Waals surface area (Å²) in [5.74, 6) is 2.98. The monoisotopic (exact) mass is 260 g/mol. The van der Waals surface area contributed by atoms with Crippen LogP contribution in [-0.2, 0) is 4.79 Å². The molecule has 19 heavy (non-hydrogen) atoms. The molecule has 0 atom stereocenters. The van der Waals surface area contributed by atoms with E-state index >= 15 is 0 Å². The van der Waals surface area contributed by atoms with Gasteiger partial charge in [-0.15, -0.1) is 6.42 Å². The molecule has 0 aliphatic rings. The molecule has 0 aliphatic heterocycles. The highest BCUT2D eigenvalue weighted by Gasteiger charge is 2.07. The van der Waals surface area contributed by atoms with Crippen molar-refractivity contribution in [3.8, 4) is 18.1 Å². The lowest BCUT2D eigenvalue weighted by Crippen LogP contribution is -2.28.